The Kier molecular flexibility index (Phi) is 3.46. The number of nitrogens with two attached hydrogens (primary N) is 2. The van der Waals surface area contributed by atoms with Gasteiger partial charge in [0.1, 0.15) is 0 Å². The van der Waals surface area contributed by atoms with Gasteiger partial charge in [0.05, 0.1) is 17.1 Å². The molecule has 0 aliphatic carbocycles. The molecule has 0 radical (unpaired) electrons. The van der Waals surface area contributed by atoms with E-state index >= 15 is 0 Å². The van der Waals surface area contributed by atoms with Gasteiger partial charge in [-0.2, -0.15) is 0 Å². The maximum absolute atomic E-state index is 5.64. The molecule has 0 aliphatic heterocycles. The minimum Gasteiger partial charge on any atom is -0.397 e. The summed E-state index contributed by atoms with van der Waals surface area (Å²) in [5.74, 6) is 0. The number of nitrogens with zero attached hydrogens (tertiary/aromatic N) is 1. The van der Waals surface area contributed by atoms with Gasteiger partial charge in [-0.25, -0.2) is 0 Å². The van der Waals surface area contributed by atoms with Gasteiger partial charge in [-0.05, 0) is 38.1 Å². The molecule has 1 heterocycles. The van der Waals surface area contributed by atoms with Gasteiger partial charge in [0.25, 0.3) is 0 Å². The number of hydrogen-bond donors (Lipinski definition) is 2. The molecule has 0 aromatic carbocycles. The summed E-state index contributed by atoms with van der Waals surface area (Å²) in [6, 6.07) is 3.76. The Balaban J connectivity index is 2.73. The van der Waals surface area contributed by atoms with Gasteiger partial charge in [0.2, 0.25) is 0 Å². The zero-order chi connectivity index (χ0) is 9.68. The molecule has 0 aliphatic rings. The van der Waals surface area contributed by atoms with Gasteiger partial charge >= 0.3 is 0 Å². The molecule has 0 amide bonds. The fraction of sp³-hybridized carbons (Fsp3) is 0.300. The highest BCUT2D eigenvalue weighted by Crippen LogP contribution is 2.09. The van der Waals surface area contributed by atoms with E-state index in [1.54, 1.807) is 0 Å². The van der Waals surface area contributed by atoms with Crippen molar-refractivity contribution >= 4 is 11.8 Å². The highest BCUT2D eigenvalue weighted by molar-refractivity contribution is 5.51. The third-order valence-electron chi connectivity index (χ3n) is 1.77. The Hall–Kier alpha value is -1.35. The quantitative estimate of drug-likeness (QED) is 0.732. The van der Waals surface area contributed by atoms with Gasteiger partial charge in [-0.3, -0.25) is 4.98 Å². The Bertz CT molecular complexity index is 305. The standard InChI is InChI=1S/C10H15N3/c1-8-10(12)6-5-9(13-8)4-2-3-7-11/h2,4-6H,3,7,11-12H2,1H3. The molecule has 1 aromatic rings. The Morgan fingerprint density at radius 3 is 2.85 bits per heavy atom. The number of hydrogen-bond acceptors (Lipinski definition) is 3. The summed E-state index contributed by atoms with van der Waals surface area (Å²) < 4.78 is 0. The molecular formula is C10H15N3. The first-order valence-corrected chi connectivity index (χ1v) is 4.34. The molecule has 0 spiro atoms. The van der Waals surface area contributed by atoms with E-state index in [1.165, 1.54) is 0 Å². The van der Waals surface area contributed by atoms with Crippen LogP contribution in [0.15, 0.2) is 18.2 Å². The van der Waals surface area contributed by atoms with Crippen LogP contribution in [0, 0.1) is 6.92 Å². The van der Waals surface area contributed by atoms with Crippen molar-refractivity contribution in [2.45, 2.75) is 13.3 Å². The molecule has 3 nitrogen and oxygen atoms in total. The highest BCUT2D eigenvalue weighted by Gasteiger charge is 1.94. The summed E-state index contributed by atoms with van der Waals surface area (Å²) in [7, 11) is 0. The van der Waals surface area contributed by atoms with Gasteiger partial charge < -0.3 is 11.5 Å². The van der Waals surface area contributed by atoms with Crippen molar-refractivity contribution in [3.05, 3.63) is 29.6 Å². The van der Waals surface area contributed by atoms with Crippen LogP contribution in [0.3, 0.4) is 0 Å². The highest BCUT2D eigenvalue weighted by atomic mass is 14.7. The molecule has 0 saturated carbocycles. The Labute approximate surface area is 78.5 Å². The van der Waals surface area contributed by atoms with E-state index in [4.69, 9.17) is 11.5 Å². The second kappa shape index (κ2) is 4.62. The minimum atomic E-state index is 0.671. The van der Waals surface area contributed by atoms with Crippen LogP contribution in [0.4, 0.5) is 5.69 Å². The van der Waals surface area contributed by atoms with Crippen molar-refractivity contribution in [2.75, 3.05) is 12.3 Å². The van der Waals surface area contributed by atoms with E-state index in [1.807, 2.05) is 31.2 Å². The minimum absolute atomic E-state index is 0.671. The van der Waals surface area contributed by atoms with Crippen LogP contribution in [0.25, 0.3) is 6.08 Å². The third-order valence-corrected chi connectivity index (χ3v) is 1.77. The van der Waals surface area contributed by atoms with Gasteiger partial charge in [-0.15, -0.1) is 0 Å². The molecule has 70 valence electrons. The maximum Gasteiger partial charge on any atom is 0.0631 e. The van der Waals surface area contributed by atoms with Crippen molar-refractivity contribution in [1.82, 2.24) is 4.98 Å². The molecule has 0 bridgehead atoms. The van der Waals surface area contributed by atoms with Crippen LogP contribution in [-0.2, 0) is 0 Å². The molecule has 4 N–H and O–H groups in total. The lowest BCUT2D eigenvalue weighted by molar-refractivity contribution is 1.01. The van der Waals surface area contributed by atoms with Gasteiger partial charge in [0, 0.05) is 0 Å². The van der Waals surface area contributed by atoms with Crippen LogP contribution in [0.2, 0.25) is 0 Å². The average molecular weight is 177 g/mol. The number of aryl methyl sites for hydroxylation is 1. The smallest absolute Gasteiger partial charge is 0.0631 e. The van der Waals surface area contributed by atoms with Crippen LogP contribution in [0.1, 0.15) is 17.8 Å². The monoisotopic (exact) mass is 177 g/mol. The van der Waals surface area contributed by atoms with Crippen molar-refractivity contribution < 1.29 is 0 Å². The van der Waals surface area contributed by atoms with Crippen LogP contribution in [-0.4, -0.2) is 11.5 Å². The fourth-order valence-electron chi connectivity index (χ4n) is 0.984. The van der Waals surface area contributed by atoms with Crippen molar-refractivity contribution in [2.24, 2.45) is 5.73 Å². The normalized spacial score (nSPS) is 10.9. The molecule has 0 unspecified atom stereocenters. The van der Waals surface area contributed by atoms with Crippen LogP contribution in [0.5, 0.6) is 0 Å². The Morgan fingerprint density at radius 1 is 1.46 bits per heavy atom. The van der Waals surface area contributed by atoms with Crippen LogP contribution >= 0.6 is 0 Å². The molecule has 3 heteroatoms. The van der Waals surface area contributed by atoms with Gasteiger partial charge in [0.15, 0.2) is 0 Å². The topological polar surface area (TPSA) is 64.9 Å². The number of rotatable bonds is 3. The molecule has 1 aromatic heterocycles. The molecule has 0 saturated heterocycles. The van der Waals surface area contributed by atoms with Crippen molar-refractivity contribution in [3.8, 4) is 0 Å². The lowest BCUT2D eigenvalue weighted by Gasteiger charge is -1.99. The lowest BCUT2D eigenvalue weighted by atomic mass is 10.2. The van der Waals surface area contributed by atoms with E-state index in [-0.39, 0.29) is 0 Å². The molecule has 13 heavy (non-hydrogen) atoms. The average Bonchev–Trinajstić information content (AvgIpc) is 2.12. The SMILES string of the molecule is Cc1nc(C=CCCN)ccc1N. The molecule has 0 atom stereocenters. The van der Waals surface area contributed by atoms with E-state index < -0.39 is 0 Å². The maximum atomic E-state index is 5.64. The second-order valence-corrected chi connectivity index (χ2v) is 2.89. The summed E-state index contributed by atoms with van der Waals surface area (Å²) in [6.07, 6.45) is 4.85. The third kappa shape index (κ3) is 2.87. The summed E-state index contributed by atoms with van der Waals surface area (Å²) in [5.41, 5.74) is 13.5. The van der Waals surface area contributed by atoms with E-state index in [0.717, 1.165) is 23.5 Å². The largest absolute Gasteiger partial charge is 0.397 e. The number of pyridine rings is 1. The molecule has 0 fully saturated rings. The van der Waals surface area contributed by atoms with Crippen LogP contribution < -0.4 is 11.5 Å². The van der Waals surface area contributed by atoms with Gasteiger partial charge in [-0.1, -0.05) is 6.08 Å². The van der Waals surface area contributed by atoms with E-state index in [9.17, 15) is 0 Å². The van der Waals surface area contributed by atoms with E-state index in [2.05, 4.69) is 4.98 Å². The number of anilines is 1. The predicted molar refractivity (Wildman–Crippen MR) is 56.1 cm³/mol. The molecular weight excluding hydrogens is 162 g/mol. The number of aromatic nitrogens is 1. The van der Waals surface area contributed by atoms with Crippen molar-refractivity contribution in [3.63, 3.8) is 0 Å². The molecule has 1 rings (SSSR count). The first kappa shape index (κ1) is 9.74. The summed E-state index contributed by atoms with van der Waals surface area (Å²) in [5, 5.41) is 0. The predicted octanol–water partition coefficient (Wildman–Crippen LogP) is 1.33. The van der Waals surface area contributed by atoms with Crippen molar-refractivity contribution in [1.29, 1.82) is 0 Å². The fourth-order valence-corrected chi connectivity index (χ4v) is 0.984. The summed E-state index contributed by atoms with van der Waals surface area (Å²) in [4.78, 5) is 4.29. The number of nitrogen functional groups attached to an aromatic ring is 1. The van der Waals surface area contributed by atoms with E-state index in [0.29, 0.717) is 6.54 Å². The first-order valence-electron chi connectivity index (χ1n) is 4.34. The Morgan fingerprint density at radius 2 is 2.23 bits per heavy atom. The second-order valence-electron chi connectivity index (χ2n) is 2.89. The lowest BCUT2D eigenvalue weighted by Crippen LogP contribution is -1.96. The summed E-state index contributed by atoms with van der Waals surface area (Å²) >= 11 is 0. The summed E-state index contributed by atoms with van der Waals surface area (Å²) in [6.45, 7) is 2.57. The first-order chi connectivity index (χ1) is 6.24. The zero-order valence-electron chi connectivity index (χ0n) is 7.83. The zero-order valence-corrected chi connectivity index (χ0v) is 7.83.